The Kier molecular flexibility index (Phi) is 8.83. The minimum atomic E-state index is -0.298. The summed E-state index contributed by atoms with van der Waals surface area (Å²) in [6, 6.07) is 13.7. The minimum absolute atomic E-state index is 0.0269. The highest BCUT2D eigenvalue weighted by molar-refractivity contribution is 6.31. The molecule has 0 fully saturated rings. The summed E-state index contributed by atoms with van der Waals surface area (Å²) in [5, 5.41) is 3.35. The molecule has 1 amide bonds. The van der Waals surface area contributed by atoms with E-state index in [2.05, 4.69) is 5.32 Å². The maximum absolute atomic E-state index is 12.9. The van der Waals surface area contributed by atoms with Crippen LogP contribution in [-0.4, -0.2) is 44.4 Å². The predicted molar refractivity (Wildman–Crippen MR) is 113 cm³/mol. The first kappa shape index (κ1) is 22.6. The molecule has 0 radical (unpaired) electrons. The first-order valence-electron chi connectivity index (χ1n) is 9.46. The molecular weight excluding hydrogens is 392 g/mol. The number of benzene rings is 2. The van der Waals surface area contributed by atoms with Gasteiger partial charge in [0.05, 0.1) is 25.3 Å². The number of carbonyl (C=O) groups excluding carboxylic acids is 3. The SMILES string of the molecule is CCCOC(=O)CCNCC(=O)N(C)c1ccc(Cl)cc1C(=O)c1ccccc1. The monoisotopic (exact) mass is 416 g/mol. The van der Waals surface area contributed by atoms with Crippen LogP contribution < -0.4 is 10.2 Å². The van der Waals surface area contributed by atoms with Crippen molar-refractivity contribution in [3.05, 3.63) is 64.7 Å². The van der Waals surface area contributed by atoms with Crippen LogP contribution in [0.5, 0.6) is 0 Å². The molecular formula is C22H25ClN2O4. The number of halogens is 1. The van der Waals surface area contributed by atoms with Crippen LogP contribution in [0.15, 0.2) is 48.5 Å². The molecule has 0 unspecified atom stereocenters. The third kappa shape index (κ3) is 6.69. The highest BCUT2D eigenvalue weighted by Crippen LogP contribution is 2.26. The standard InChI is InChI=1S/C22H25ClN2O4/c1-3-13-29-21(27)11-12-24-15-20(26)25(2)19-10-9-17(23)14-18(19)22(28)16-7-5-4-6-8-16/h4-10,14,24H,3,11-13,15H2,1-2H3. The number of likely N-dealkylation sites (N-methyl/N-ethyl adjacent to an activating group) is 1. The first-order valence-corrected chi connectivity index (χ1v) is 9.84. The van der Waals surface area contributed by atoms with E-state index in [1.54, 1.807) is 49.5 Å². The van der Waals surface area contributed by atoms with Crippen molar-refractivity contribution in [3.8, 4) is 0 Å². The summed E-state index contributed by atoms with van der Waals surface area (Å²) < 4.78 is 4.99. The van der Waals surface area contributed by atoms with E-state index < -0.39 is 0 Å². The van der Waals surface area contributed by atoms with E-state index in [1.807, 2.05) is 13.0 Å². The average molecular weight is 417 g/mol. The van der Waals surface area contributed by atoms with E-state index >= 15 is 0 Å². The molecule has 0 saturated heterocycles. The zero-order chi connectivity index (χ0) is 21.2. The number of nitrogens with one attached hydrogen (secondary N) is 1. The summed E-state index contributed by atoms with van der Waals surface area (Å²) in [6.07, 6.45) is 0.962. The molecule has 0 aliphatic carbocycles. The van der Waals surface area contributed by atoms with Crippen molar-refractivity contribution in [2.45, 2.75) is 19.8 Å². The summed E-state index contributed by atoms with van der Waals surface area (Å²) in [5.74, 6) is -0.751. The third-order valence-corrected chi connectivity index (χ3v) is 4.46. The number of anilines is 1. The van der Waals surface area contributed by atoms with Gasteiger partial charge in [-0.2, -0.15) is 0 Å². The Morgan fingerprint density at radius 1 is 1.10 bits per heavy atom. The van der Waals surface area contributed by atoms with Crippen LogP contribution in [-0.2, 0) is 14.3 Å². The third-order valence-electron chi connectivity index (χ3n) is 4.22. The van der Waals surface area contributed by atoms with Gasteiger partial charge in [0.1, 0.15) is 0 Å². The van der Waals surface area contributed by atoms with Crippen LogP contribution in [0, 0.1) is 0 Å². The minimum Gasteiger partial charge on any atom is -0.466 e. The highest BCUT2D eigenvalue weighted by Gasteiger charge is 2.20. The molecule has 1 N–H and O–H groups in total. The Bertz CT molecular complexity index is 855. The van der Waals surface area contributed by atoms with Gasteiger partial charge in [-0.1, -0.05) is 48.9 Å². The number of ether oxygens (including phenoxy) is 1. The quantitative estimate of drug-likeness (QED) is 0.364. The Labute approximate surface area is 175 Å². The smallest absolute Gasteiger partial charge is 0.307 e. The Morgan fingerprint density at radius 3 is 2.52 bits per heavy atom. The summed E-state index contributed by atoms with van der Waals surface area (Å²) in [7, 11) is 1.60. The summed E-state index contributed by atoms with van der Waals surface area (Å²) in [6.45, 7) is 2.68. The molecule has 0 bridgehead atoms. The van der Waals surface area contributed by atoms with Crippen molar-refractivity contribution in [1.29, 1.82) is 0 Å². The van der Waals surface area contributed by atoms with Crippen molar-refractivity contribution in [2.75, 3.05) is 31.6 Å². The van der Waals surface area contributed by atoms with Gasteiger partial charge in [-0.05, 0) is 24.6 Å². The van der Waals surface area contributed by atoms with Crippen LogP contribution in [0.4, 0.5) is 5.69 Å². The van der Waals surface area contributed by atoms with E-state index in [9.17, 15) is 14.4 Å². The molecule has 29 heavy (non-hydrogen) atoms. The van der Waals surface area contributed by atoms with Crippen molar-refractivity contribution in [2.24, 2.45) is 0 Å². The van der Waals surface area contributed by atoms with E-state index in [0.717, 1.165) is 6.42 Å². The number of rotatable bonds is 10. The molecule has 154 valence electrons. The Balaban J connectivity index is 2.03. The summed E-state index contributed by atoms with van der Waals surface area (Å²) >= 11 is 6.09. The highest BCUT2D eigenvalue weighted by atomic mass is 35.5. The fourth-order valence-corrected chi connectivity index (χ4v) is 2.83. The molecule has 0 aliphatic heterocycles. The van der Waals surface area contributed by atoms with Crippen LogP contribution in [0.3, 0.4) is 0 Å². The number of ketones is 1. The topological polar surface area (TPSA) is 75.7 Å². The molecule has 7 heteroatoms. The van der Waals surface area contributed by atoms with Gasteiger partial charge in [-0.25, -0.2) is 0 Å². The molecule has 0 atom stereocenters. The van der Waals surface area contributed by atoms with Crippen molar-refractivity contribution >= 4 is 34.9 Å². The molecule has 2 aromatic carbocycles. The second-order valence-electron chi connectivity index (χ2n) is 6.46. The largest absolute Gasteiger partial charge is 0.466 e. The lowest BCUT2D eigenvalue weighted by atomic mass is 10.0. The molecule has 0 spiro atoms. The lowest BCUT2D eigenvalue weighted by molar-refractivity contribution is -0.143. The lowest BCUT2D eigenvalue weighted by Gasteiger charge is -2.21. The van der Waals surface area contributed by atoms with Crippen molar-refractivity contribution < 1.29 is 19.1 Å². The molecule has 0 saturated carbocycles. The van der Waals surface area contributed by atoms with Crippen LogP contribution in [0.25, 0.3) is 0 Å². The van der Waals surface area contributed by atoms with Gasteiger partial charge in [0.15, 0.2) is 5.78 Å². The van der Waals surface area contributed by atoms with E-state index in [1.165, 1.54) is 4.90 Å². The van der Waals surface area contributed by atoms with Gasteiger partial charge < -0.3 is 15.0 Å². The molecule has 0 aromatic heterocycles. The van der Waals surface area contributed by atoms with Gasteiger partial charge in [0.2, 0.25) is 5.91 Å². The number of hydrogen-bond donors (Lipinski definition) is 1. The van der Waals surface area contributed by atoms with Crippen molar-refractivity contribution in [1.82, 2.24) is 5.32 Å². The zero-order valence-corrected chi connectivity index (χ0v) is 17.4. The van der Waals surface area contributed by atoms with E-state index in [-0.39, 0.29) is 30.6 Å². The second kappa shape index (κ2) is 11.3. The lowest BCUT2D eigenvalue weighted by Crippen LogP contribution is -2.37. The van der Waals surface area contributed by atoms with Crippen molar-refractivity contribution in [3.63, 3.8) is 0 Å². The average Bonchev–Trinajstić information content (AvgIpc) is 2.74. The van der Waals surface area contributed by atoms with Gasteiger partial charge in [-0.3, -0.25) is 14.4 Å². The summed E-state index contributed by atoms with van der Waals surface area (Å²) in [5.41, 5.74) is 1.33. The molecule has 2 rings (SSSR count). The van der Waals surface area contributed by atoms with Crippen LogP contribution in [0.2, 0.25) is 5.02 Å². The second-order valence-corrected chi connectivity index (χ2v) is 6.89. The van der Waals surface area contributed by atoms with Crippen LogP contribution >= 0.6 is 11.6 Å². The van der Waals surface area contributed by atoms with Gasteiger partial charge in [0, 0.05) is 29.7 Å². The number of nitrogens with zero attached hydrogens (tertiary/aromatic N) is 1. The summed E-state index contributed by atoms with van der Waals surface area (Å²) in [4.78, 5) is 38.4. The van der Waals surface area contributed by atoms with Gasteiger partial charge >= 0.3 is 5.97 Å². The predicted octanol–water partition coefficient (Wildman–Crippen LogP) is 3.47. The van der Waals surface area contributed by atoms with E-state index in [4.69, 9.17) is 16.3 Å². The fourth-order valence-electron chi connectivity index (χ4n) is 2.65. The van der Waals surface area contributed by atoms with Gasteiger partial charge in [-0.15, -0.1) is 0 Å². The number of hydrogen-bond acceptors (Lipinski definition) is 5. The number of amides is 1. The molecule has 6 nitrogen and oxygen atoms in total. The Hall–Kier alpha value is -2.70. The molecule has 2 aromatic rings. The molecule has 0 heterocycles. The first-order chi connectivity index (χ1) is 13.9. The van der Waals surface area contributed by atoms with Gasteiger partial charge in [0.25, 0.3) is 0 Å². The normalized spacial score (nSPS) is 10.4. The number of carbonyl (C=O) groups is 3. The van der Waals surface area contributed by atoms with Crippen LogP contribution in [0.1, 0.15) is 35.7 Å². The fraction of sp³-hybridized carbons (Fsp3) is 0.318. The Morgan fingerprint density at radius 2 is 1.83 bits per heavy atom. The maximum Gasteiger partial charge on any atom is 0.307 e. The maximum atomic E-state index is 12.9. The van der Waals surface area contributed by atoms with E-state index in [0.29, 0.717) is 35.0 Å². The zero-order valence-electron chi connectivity index (χ0n) is 16.6. The molecule has 0 aliphatic rings. The number of esters is 1.